The first kappa shape index (κ1) is 16.0. The Kier molecular flexibility index (Phi) is 4.39. The van der Waals surface area contributed by atoms with Gasteiger partial charge in [-0.2, -0.15) is 8.42 Å². The van der Waals surface area contributed by atoms with Crippen molar-refractivity contribution in [3.63, 3.8) is 0 Å². The van der Waals surface area contributed by atoms with Crippen LogP contribution < -0.4 is 0 Å². The van der Waals surface area contributed by atoms with Crippen molar-refractivity contribution in [2.24, 2.45) is 0 Å². The van der Waals surface area contributed by atoms with Gasteiger partial charge in [0.05, 0.1) is 4.90 Å². The van der Waals surface area contributed by atoms with Gasteiger partial charge in [-0.25, -0.2) is 0 Å². The van der Waals surface area contributed by atoms with Gasteiger partial charge in [-0.1, -0.05) is 54.1 Å². The molecule has 0 heterocycles. The molecule has 21 heavy (non-hydrogen) atoms. The third-order valence-corrected chi connectivity index (χ3v) is 4.81. The van der Waals surface area contributed by atoms with E-state index in [0.717, 1.165) is 6.07 Å². The molecule has 0 aliphatic rings. The second-order valence-electron chi connectivity index (χ2n) is 4.30. The number of alkyl halides is 1. The summed E-state index contributed by atoms with van der Waals surface area (Å²) in [4.78, 5) is 9.75. The zero-order valence-corrected chi connectivity index (χ0v) is 12.9. The van der Waals surface area contributed by atoms with Crippen LogP contribution in [-0.4, -0.2) is 18.2 Å². The van der Waals surface area contributed by atoms with E-state index in [-0.39, 0.29) is 10.5 Å². The van der Waals surface area contributed by atoms with E-state index in [9.17, 15) is 13.2 Å². The van der Waals surface area contributed by atoms with E-state index in [1.165, 1.54) is 18.2 Å². The zero-order chi connectivity index (χ0) is 15.7. The summed E-state index contributed by atoms with van der Waals surface area (Å²) in [7, 11) is -4.41. The highest BCUT2D eigenvalue weighted by atomic mass is 35.5. The van der Waals surface area contributed by atoms with Gasteiger partial charge in [-0.3, -0.25) is 9.35 Å². The van der Waals surface area contributed by atoms with Gasteiger partial charge in [0.1, 0.15) is 0 Å². The lowest BCUT2D eigenvalue weighted by Gasteiger charge is -2.24. The number of halogens is 2. The van der Waals surface area contributed by atoms with Crippen molar-refractivity contribution in [1.29, 1.82) is 0 Å². The first-order valence-electron chi connectivity index (χ1n) is 5.78. The van der Waals surface area contributed by atoms with Crippen molar-refractivity contribution in [3.05, 3.63) is 65.7 Å². The quantitative estimate of drug-likeness (QED) is 0.525. The predicted octanol–water partition coefficient (Wildman–Crippen LogP) is 3.18. The molecular weight excluding hydrogens is 335 g/mol. The number of carbonyl (C=O) groups excluding carboxylic acids is 1. The minimum Gasteiger partial charge on any atom is -0.282 e. The molecule has 0 saturated heterocycles. The van der Waals surface area contributed by atoms with Crippen LogP contribution >= 0.6 is 23.2 Å². The lowest BCUT2D eigenvalue weighted by atomic mass is 9.91. The average molecular weight is 345 g/mol. The molecule has 2 aromatic carbocycles. The van der Waals surface area contributed by atoms with Crippen molar-refractivity contribution in [2.75, 3.05) is 0 Å². The molecule has 0 aromatic heterocycles. The normalized spacial score (nSPS) is 14.4. The van der Waals surface area contributed by atoms with Gasteiger partial charge in [-0.15, -0.1) is 0 Å². The SMILES string of the molecule is O=C(Cl)C(Cl)(c1ccccc1)c1cccc(S(=O)(=O)O)c1. The first-order chi connectivity index (χ1) is 9.76. The first-order valence-corrected chi connectivity index (χ1v) is 7.98. The summed E-state index contributed by atoms with van der Waals surface area (Å²) in [6.45, 7) is 0. The fourth-order valence-electron chi connectivity index (χ4n) is 1.93. The van der Waals surface area contributed by atoms with Gasteiger partial charge in [-0.05, 0) is 34.9 Å². The van der Waals surface area contributed by atoms with Crippen molar-refractivity contribution in [2.45, 2.75) is 9.77 Å². The zero-order valence-electron chi connectivity index (χ0n) is 10.5. The maximum absolute atomic E-state index is 11.8. The molecule has 0 radical (unpaired) electrons. The second kappa shape index (κ2) is 5.77. The summed E-state index contributed by atoms with van der Waals surface area (Å²) in [5.41, 5.74) is 0.560. The molecule has 2 aromatic rings. The van der Waals surface area contributed by atoms with Crippen molar-refractivity contribution < 1.29 is 17.8 Å². The molecule has 0 spiro atoms. The monoisotopic (exact) mass is 344 g/mol. The summed E-state index contributed by atoms with van der Waals surface area (Å²) in [6.07, 6.45) is 0. The topological polar surface area (TPSA) is 71.4 Å². The minimum absolute atomic E-state index is 0.158. The number of rotatable bonds is 4. The van der Waals surface area contributed by atoms with E-state index < -0.39 is 20.2 Å². The Morgan fingerprint density at radius 1 is 1.00 bits per heavy atom. The van der Waals surface area contributed by atoms with Crippen molar-refractivity contribution in [1.82, 2.24) is 0 Å². The molecule has 0 bridgehead atoms. The molecule has 7 heteroatoms. The van der Waals surface area contributed by atoms with Gasteiger partial charge in [0.25, 0.3) is 15.4 Å². The molecule has 0 fully saturated rings. The third-order valence-electron chi connectivity index (χ3n) is 2.97. The van der Waals surface area contributed by atoms with Gasteiger partial charge in [0.15, 0.2) is 4.87 Å². The molecule has 4 nitrogen and oxygen atoms in total. The molecule has 110 valence electrons. The van der Waals surface area contributed by atoms with Crippen LogP contribution in [0.15, 0.2) is 59.5 Å². The Hall–Kier alpha value is -1.40. The van der Waals surface area contributed by atoms with E-state index in [0.29, 0.717) is 5.56 Å². The van der Waals surface area contributed by atoms with E-state index >= 15 is 0 Å². The van der Waals surface area contributed by atoms with E-state index in [1.54, 1.807) is 30.3 Å². The molecular formula is C14H10Cl2O4S. The summed E-state index contributed by atoms with van der Waals surface area (Å²) in [5, 5.41) is -0.872. The number of hydrogen-bond donors (Lipinski definition) is 1. The van der Waals surface area contributed by atoms with Crippen LogP contribution in [0.5, 0.6) is 0 Å². The van der Waals surface area contributed by atoms with E-state index in [2.05, 4.69) is 0 Å². The molecule has 0 aliphatic carbocycles. The molecule has 0 aliphatic heterocycles. The molecule has 2 rings (SSSR count). The largest absolute Gasteiger partial charge is 0.294 e. The molecule has 0 amide bonds. The fraction of sp³-hybridized carbons (Fsp3) is 0.0714. The van der Waals surface area contributed by atoms with Crippen LogP contribution in [-0.2, 0) is 19.8 Å². The lowest BCUT2D eigenvalue weighted by Crippen LogP contribution is -2.28. The highest BCUT2D eigenvalue weighted by molar-refractivity contribution is 7.85. The van der Waals surface area contributed by atoms with Gasteiger partial charge >= 0.3 is 0 Å². The Balaban J connectivity index is 2.68. The van der Waals surface area contributed by atoms with Gasteiger partial charge in [0, 0.05) is 0 Å². The van der Waals surface area contributed by atoms with E-state index in [1.807, 2.05) is 0 Å². The van der Waals surface area contributed by atoms with Gasteiger partial charge < -0.3 is 0 Å². The summed E-state index contributed by atoms with van der Waals surface area (Å²) >= 11 is 12.0. The van der Waals surface area contributed by atoms with Crippen LogP contribution in [0.25, 0.3) is 0 Å². The number of carbonyl (C=O) groups is 1. The van der Waals surface area contributed by atoms with Crippen LogP contribution in [0, 0.1) is 0 Å². The average Bonchev–Trinajstić information content (AvgIpc) is 2.46. The maximum Gasteiger partial charge on any atom is 0.294 e. The molecule has 0 saturated carbocycles. The van der Waals surface area contributed by atoms with Crippen LogP contribution in [0.2, 0.25) is 0 Å². The Bertz CT molecular complexity index is 775. The summed E-state index contributed by atoms with van der Waals surface area (Å²) < 4.78 is 31.5. The number of hydrogen-bond acceptors (Lipinski definition) is 3. The van der Waals surface area contributed by atoms with Crippen molar-refractivity contribution in [3.8, 4) is 0 Å². The third kappa shape index (κ3) is 3.11. The summed E-state index contributed by atoms with van der Waals surface area (Å²) in [5.74, 6) is 0. The maximum atomic E-state index is 11.8. The van der Waals surface area contributed by atoms with Crippen LogP contribution in [0.1, 0.15) is 11.1 Å². The van der Waals surface area contributed by atoms with Crippen molar-refractivity contribution >= 4 is 38.6 Å². The Morgan fingerprint density at radius 3 is 2.10 bits per heavy atom. The van der Waals surface area contributed by atoms with Crippen LogP contribution in [0.3, 0.4) is 0 Å². The number of benzene rings is 2. The Labute approximate surface area is 132 Å². The van der Waals surface area contributed by atoms with Gasteiger partial charge in [0.2, 0.25) is 0 Å². The molecule has 1 atom stereocenters. The highest BCUT2D eigenvalue weighted by Crippen LogP contribution is 2.39. The lowest BCUT2D eigenvalue weighted by molar-refractivity contribution is -0.113. The smallest absolute Gasteiger partial charge is 0.282 e. The standard InChI is InChI=1S/C14H10Cl2O4S/c15-13(17)14(16,10-5-2-1-3-6-10)11-7-4-8-12(9-11)21(18,19)20/h1-9H,(H,18,19,20). The predicted molar refractivity (Wildman–Crippen MR) is 80.2 cm³/mol. The Morgan fingerprint density at radius 2 is 1.57 bits per heavy atom. The molecule has 1 unspecified atom stereocenters. The fourth-order valence-corrected chi connectivity index (χ4v) is 2.92. The molecule has 1 N–H and O–H groups in total. The highest BCUT2D eigenvalue weighted by Gasteiger charge is 2.39. The second-order valence-corrected chi connectivity index (χ2v) is 6.63. The van der Waals surface area contributed by atoms with Crippen LogP contribution in [0.4, 0.5) is 0 Å². The minimum atomic E-state index is -4.41. The summed E-state index contributed by atoms with van der Waals surface area (Å²) in [6, 6.07) is 13.5. The van der Waals surface area contributed by atoms with E-state index in [4.69, 9.17) is 27.8 Å².